The Hall–Kier alpha value is -3.28. The minimum absolute atomic E-state index is 0.326. The molecule has 6 heteroatoms. The van der Waals surface area contributed by atoms with Gasteiger partial charge in [-0.1, -0.05) is 57.2 Å². The van der Waals surface area contributed by atoms with Gasteiger partial charge < -0.3 is 14.2 Å². The first kappa shape index (κ1) is 19.5. The zero-order valence-corrected chi connectivity index (χ0v) is 16.6. The van der Waals surface area contributed by atoms with Crippen LogP contribution in [0.2, 0.25) is 0 Å². The molecule has 3 rings (SSSR count). The van der Waals surface area contributed by atoms with Crippen molar-refractivity contribution in [1.29, 1.82) is 0 Å². The van der Waals surface area contributed by atoms with Gasteiger partial charge >= 0.3 is 5.97 Å². The van der Waals surface area contributed by atoms with Crippen molar-refractivity contribution in [2.24, 2.45) is 5.41 Å². The van der Waals surface area contributed by atoms with Gasteiger partial charge in [-0.15, -0.1) is 0 Å². The lowest BCUT2D eigenvalue weighted by Crippen LogP contribution is -2.43. The van der Waals surface area contributed by atoms with Gasteiger partial charge in [0.05, 0.1) is 13.1 Å². The Kier molecular flexibility index (Phi) is 5.68. The average Bonchev–Trinajstić information content (AvgIpc) is 3.15. The van der Waals surface area contributed by atoms with Crippen LogP contribution >= 0.6 is 0 Å². The molecule has 0 bridgehead atoms. The molecule has 0 unspecified atom stereocenters. The maximum atomic E-state index is 6.31. The van der Waals surface area contributed by atoms with Crippen molar-refractivity contribution in [1.82, 2.24) is 14.8 Å². The number of hydrogen-bond donors (Lipinski definition) is 0. The predicted octanol–water partition coefficient (Wildman–Crippen LogP) is 4.97. The van der Waals surface area contributed by atoms with Crippen LogP contribution in [0.5, 0.6) is 11.5 Å². The summed E-state index contributed by atoms with van der Waals surface area (Å²) in [6.07, 6.45) is 4.84. The summed E-state index contributed by atoms with van der Waals surface area (Å²) in [6.45, 7) is 7.87. The first-order chi connectivity index (χ1) is 13.3. The first-order valence-corrected chi connectivity index (χ1v) is 9.08. The lowest BCUT2D eigenvalue weighted by molar-refractivity contribution is -0.274. The molecule has 0 fully saturated rings. The van der Waals surface area contributed by atoms with Crippen LogP contribution in [-0.2, 0) is 4.74 Å². The van der Waals surface area contributed by atoms with Crippen molar-refractivity contribution >= 4 is 6.20 Å². The fourth-order valence-corrected chi connectivity index (χ4v) is 2.44. The summed E-state index contributed by atoms with van der Waals surface area (Å²) in [7, 11) is 0. The third kappa shape index (κ3) is 5.36. The van der Waals surface area contributed by atoms with E-state index in [4.69, 9.17) is 14.2 Å². The molecular weight excluding hydrogens is 354 g/mol. The lowest BCUT2D eigenvalue weighted by atomic mass is 9.94. The Labute approximate surface area is 165 Å². The second kappa shape index (κ2) is 8.17. The van der Waals surface area contributed by atoms with Crippen molar-refractivity contribution in [3.8, 4) is 11.5 Å². The Morgan fingerprint density at radius 3 is 1.82 bits per heavy atom. The minimum atomic E-state index is -1.40. The molecule has 146 valence electrons. The van der Waals surface area contributed by atoms with Crippen LogP contribution in [0.1, 0.15) is 27.7 Å². The molecule has 0 saturated carbocycles. The van der Waals surface area contributed by atoms with E-state index in [0.29, 0.717) is 17.3 Å². The van der Waals surface area contributed by atoms with Crippen molar-refractivity contribution in [2.75, 3.05) is 0 Å². The summed E-state index contributed by atoms with van der Waals surface area (Å²) in [4.78, 5) is 3.98. The van der Waals surface area contributed by atoms with Crippen LogP contribution in [0.3, 0.4) is 0 Å². The van der Waals surface area contributed by atoms with Crippen LogP contribution < -0.4 is 9.47 Å². The van der Waals surface area contributed by atoms with Gasteiger partial charge in [0.15, 0.2) is 0 Å². The van der Waals surface area contributed by atoms with E-state index in [-0.39, 0.29) is 5.41 Å². The maximum absolute atomic E-state index is 6.31. The third-order valence-corrected chi connectivity index (χ3v) is 3.81. The number of benzene rings is 2. The van der Waals surface area contributed by atoms with E-state index in [2.05, 4.69) is 10.1 Å². The molecule has 0 spiro atoms. The molecule has 0 radical (unpaired) electrons. The second-order valence-corrected chi connectivity index (χ2v) is 7.41. The summed E-state index contributed by atoms with van der Waals surface area (Å²) in [5.41, 5.74) is -0.326. The fraction of sp³-hybridized carbons (Fsp3) is 0.273. The third-order valence-electron chi connectivity index (χ3n) is 3.81. The summed E-state index contributed by atoms with van der Waals surface area (Å²) >= 11 is 0. The number of para-hydroxylation sites is 2. The van der Waals surface area contributed by atoms with E-state index in [9.17, 15) is 0 Å². The van der Waals surface area contributed by atoms with Gasteiger partial charge in [0.25, 0.3) is 0 Å². The van der Waals surface area contributed by atoms with E-state index < -0.39 is 5.97 Å². The zero-order chi connectivity index (χ0) is 20.0. The normalized spacial score (nSPS) is 12.5. The Morgan fingerprint density at radius 1 is 0.857 bits per heavy atom. The molecule has 0 aliphatic rings. The standard InChI is InChI=1S/C22H25N3O3/c1-21(2,3)20(15-25-17-23-16-24-25)28-22(4,26-18-11-7-5-8-12-18)27-19-13-9-6-10-14-19/h5-17H,1-4H3. The molecule has 1 heterocycles. The number of nitrogens with zero attached hydrogens (tertiary/aromatic N) is 3. The smallest absolute Gasteiger partial charge is 0.413 e. The molecule has 6 nitrogen and oxygen atoms in total. The van der Waals surface area contributed by atoms with Gasteiger partial charge in [0.1, 0.15) is 29.9 Å². The van der Waals surface area contributed by atoms with Gasteiger partial charge in [0.2, 0.25) is 0 Å². The highest BCUT2D eigenvalue weighted by Gasteiger charge is 2.36. The van der Waals surface area contributed by atoms with Crippen LogP contribution in [0.4, 0.5) is 0 Å². The SMILES string of the molecule is CC(OC(=Cn1cncn1)C(C)(C)C)(Oc1ccccc1)Oc1ccccc1. The molecule has 1 aromatic heterocycles. The van der Waals surface area contributed by atoms with Crippen LogP contribution in [0.25, 0.3) is 6.20 Å². The van der Waals surface area contributed by atoms with Gasteiger partial charge in [-0.25, -0.2) is 9.67 Å². The number of ether oxygens (including phenoxy) is 3. The van der Waals surface area contributed by atoms with Crippen LogP contribution in [0, 0.1) is 5.41 Å². The van der Waals surface area contributed by atoms with Gasteiger partial charge in [-0.3, -0.25) is 0 Å². The zero-order valence-electron chi connectivity index (χ0n) is 16.6. The van der Waals surface area contributed by atoms with Gasteiger partial charge in [0, 0.05) is 5.41 Å². The molecule has 0 atom stereocenters. The highest BCUT2D eigenvalue weighted by atomic mass is 16.9. The lowest BCUT2D eigenvalue weighted by Gasteiger charge is -2.35. The van der Waals surface area contributed by atoms with Crippen LogP contribution in [0.15, 0.2) is 79.1 Å². The quantitative estimate of drug-likeness (QED) is 0.428. The van der Waals surface area contributed by atoms with E-state index in [1.807, 2.05) is 81.4 Å². The number of rotatable bonds is 7. The molecule has 0 saturated heterocycles. The van der Waals surface area contributed by atoms with Crippen molar-refractivity contribution in [3.05, 3.63) is 79.1 Å². The first-order valence-electron chi connectivity index (χ1n) is 9.08. The molecule has 28 heavy (non-hydrogen) atoms. The van der Waals surface area contributed by atoms with E-state index in [1.54, 1.807) is 24.1 Å². The maximum Gasteiger partial charge on any atom is 0.413 e. The highest BCUT2D eigenvalue weighted by molar-refractivity contribution is 5.29. The van der Waals surface area contributed by atoms with Crippen molar-refractivity contribution in [3.63, 3.8) is 0 Å². The van der Waals surface area contributed by atoms with E-state index in [0.717, 1.165) is 0 Å². The number of allylic oxidation sites excluding steroid dienone is 1. The topological polar surface area (TPSA) is 58.4 Å². The monoisotopic (exact) mass is 379 g/mol. The van der Waals surface area contributed by atoms with Gasteiger partial charge in [-0.05, 0) is 24.3 Å². The molecule has 0 amide bonds. The molecule has 0 N–H and O–H groups in total. The van der Waals surface area contributed by atoms with Crippen LogP contribution in [-0.4, -0.2) is 20.7 Å². The largest absolute Gasteiger partial charge is 0.423 e. The number of hydrogen-bond acceptors (Lipinski definition) is 5. The molecule has 0 aliphatic carbocycles. The predicted molar refractivity (Wildman–Crippen MR) is 107 cm³/mol. The van der Waals surface area contributed by atoms with Gasteiger partial charge in [-0.2, -0.15) is 5.10 Å². The molecule has 2 aromatic carbocycles. The van der Waals surface area contributed by atoms with E-state index >= 15 is 0 Å². The summed E-state index contributed by atoms with van der Waals surface area (Å²) in [5, 5.41) is 4.14. The summed E-state index contributed by atoms with van der Waals surface area (Å²) in [5.74, 6) is 0.500. The van der Waals surface area contributed by atoms with E-state index in [1.165, 1.54) is 6.33 Å². The Morgan fingerprint density at radius 2 is 1.39 bits per heavy atom. The Balaban J connectivity index is 1.94. The summed E-state index contributed by atoms with van der Waals surface area (Å²) in [6, 6.07) is 18.9. The molecular formula is C22H25N3O3. The highest BCUT2D eigenvalue weighted by Crippen LogP contribution is 2.33. The van der Waals surface area contributed by atoms with Crippen molar-refractivity contribution < 1.29 is 14.2 Å². The number of aromatic nitrogens is 3. The minimum Gasteiger partial charge on any atom is -0.423 e. The summed E-state index contributed by atoms with van der Waals surface area (Å²) < 4.78 is 20.1. The molecule has 0 aliphatic heterocycles. The average molecular weight is 379 g/mol. The van der Waals surface area contributed by atoms with Crippen molar-refractivity contribution in [2.45, 2.75) is 33.7 Å². The fourth-order valence-electron chi connectivity index (χ4n) is 2.44. The Bertz CT molecular complexity index is 844. The molecule has 3 aromatic rings. The second-order valence-electron chi connectivity index (χ2n) is 7.41.